The van der Waals surface area contributed by atoms with E-state index in [1.165, 1.54) is 5.57 Å². The Bertz CT molecular complexity index is 218. The maximum atomic E-state index is 10.3. The quantitative estimate of drug-likeness (QED) is 0.644. The Hall–Kier alpha value is -1.05. The van der Waals surface area contributed by atoms with Crippen LogP contribution in [0, 0.1) is 0 Å². The summed E-state index contributed by atoms with van der Waals surface area (Å²) in [4.78, 5) is 10.3. The summed E-state index contributed by atoms with van der Waals surface area (Å²) >= 11 is 0. The minimum atomic E-state index is 0.315. The summed E-state index contributed by atoms with van der Waals surface area (Å²) in [5.74, 6) is 0. The zero-order valence-corrected chi connectivity index (χ0v) is 8.12. The maximum Gasteiger partial charge on any atom is 0.207 e. The van der Waals surface area contributed by atoms with Gasteiger partial charge in [0.05, 0.1) is 0 Å². The van der Waals surface area contributed by atoms with Gasteiger partial charge in [-0.25, -0.2) is 0 Å². The number of nitrogens with one attached hydrogen (secondary N) is 1. The molecule has 1 amide bonds. The van der Waals surface area contributed by atoms with E-state index in [1.54, 1.807) is 0 Å². The topological polar surface area (TPSA) is 29.1 Å². The van der Waals surface area contributed by atoms with Gasteiger partial charge in [-0.15, -0.1) is 0 Å². The molecule has 2 heteroatoms. The Morgan fingerprint density at radius 2 is 2.54 bits per heavy atom. The van der Waals surface area contributed by atoms with Crippen molar-refractivity contribution in [2.75, 3.05) is 0 Å². The standard InChI is InChI=1S/C11H17NO/c1-2-11(12-9-13)8-10-6-4-3-5-7-10/h3-4,6,9,11H,2,5,7-8H2,1H3,(H,12,13). The molecular formula is C11H17NO. The van der Waals surface area contributed by atoms with Crippen molar-refractivity contribution in [3.8, 4) is 0 Å². The summed E-state index contributed by atoms with van der Waals surface area (Å²) < 4.78 is 0. The lowest BCUT2D eigenvalue weighted by atomic mass is 9.97. The van der Waals surface area contributed by atoms with Crippen molar-refractivity contribution in [1.82, 2.24) is 5.32 Å². The van der Waals surface area contributed by atoms with Crippen molar-refractivity contribution in [2.45, 2.75) is 38.6 Å². The lowest BCUT2D eigenvalue weighted by Crippen LogP contribution is -2.27. The molecule has 0 saturated heterocycles. The molecule has 0 saturated carbocycles. The SMILES string of the molecule is CCC(CC1=CC=CCC1)NC=O. The number of hydrogen-bond donors (Lipinski definition) is 1. The minimum absolute atomic E-state index is 0.315. The van der Waals surface area contributed by atoms with Gasteiger partial charge < -0.3 is 5.32 Å². The molecule has 0 fully saturated rings. The minimum Gasteiger partial charge on any atom is -0.356 e. The lowest BCUT2D eigenvalue weighted by molar-refractivity contribution is -0.110. The van der Waals surface area contributed by atoms with E-state index in [-0.39, 0.29) is 0 Å². The molecule has 1 unspecified atom stereocenters. The molecule has 0 heterocycles. The second kappa shape index (κ2) is 5.57. The Labute approximate surface area is 79.7 Å². The van der Waals surface area contributed by atoms with E-state index in [2.05, 4.69) is 30.5 Å². The molecule has 0 aromatic carbocycles. The average Bonchev–Trinajstić information content (AvgIpc) is 2.19. The van der Waals surface area contributed by atoms with E-state index in [4.69, 9.17) is 0 Å². The van der Waals surface area contributed by atoms with Crippen LogP contribution >= 0.6 is 0 Å². The van der Waals surface area contributed by atoms with Gasteiger partial charge >= 0.3 is 0 Å². The molecule has 1 atom stereocenters. The second-order valence-electron chi connectivity index (χ2n) is 3.39. The number of hydrogen-bond acceptors (Lipinski definition) is 1. The highest BCUT2D eigenvalue weighted by molar-refractivity contribution is 5.46. The first kappa shape index (κ1) is 10.0. The fourth-order valence-electron chi connectivity index (χ4n) is 1.56. The molecule has 1 N–H and O–H groups in total. The molecule has 2 nitrogen and oxygen atoms in total. The van der Waals surface area contributed by atoms with Gasteiger partial charge in [0.1, 0.15) is 0 Å². The van der Waals surface area contributed by atoms with Crippen molar-refractivity contribution < 1.29 is 4.79 Å². The fourth-order valence-corrected chi connectivity index (χ4v) is 1.56. The molecule has 0 radical (unpaired) electrons. The van der Waals surface area contributed by atoms with Gasteiger partial charge in [0.15, 0.2) is 0 Å². The molecule has 1 aliphatic carbocycles. The van der Waals surface area contributed by atoms with Crippen LogP contribution in [0.3, 0.4) is 0 Å². The number of carbonyl (C=O) groups excluding carboxylic acids is 1. The van der Waals surface area contributed by atoms with Crippen LogP contribution in [0.25, 0.3) is 0 Å². The third-order valence-corrected chi connectivity index (χ3v) is 2.41. The molecule has 0 aliphatic heterocycles. The maximum absolute atomic E-state index is 10.3. The predicted octanol–water partition coefficient (Wildman–Crippen LogP) is 2.18. The van der Waals surface area contributed by atoms with E-state index in [1.807, 2.05) is 0 Å². The molecule has 0 bridgehead atoms. The van der Waals surface area contributed by atoms with Crippen LogP contribution in [0.15, 0.2) is 23.8 Å². The third kappa shape index (κ3) is 3.45. The van der Waals surface area contributed by atoms with Crippen LogP contribution in [0.1, 0.15) is 32.6 Å². The number of carbonyl (C=O) groups is 1. The van der Waals surface area contributed by atoms with Gasteiger partial charge in [0.25, 0.3) is 0 Å². The molecule has 13 heavy (non-hydrogen) atoms. The zero-order chi connectivity index (χ0) is 9.52. The Balaban J connectivity index is 2.40. The van der Waals surface area contributed by atoms with Crippen LogP contribution in [0.4, 0.5) is 0 Å². The summed E-state index contributed by atoms with van der Waals surface area (Å²) in [6, 6.07) is 0.315. The van der Waals surface area contributed by atoms with Gasteiger partial charge in [-0.05, 0) is 25.7 Å². The van der Waals surface area contributed by atoms with Crippen molar-refractivity contribution in [3.05, 3.63) is 23.8 Å². The van der Waals surface area contributed by atoms with Crippen LogP contribution in [-0.4, -0.2) is 12.5 Å². The van der Waals surface area contributed by atoms with E-state index >= 15 is 0 Å². The van der Waals surface area contributed by atoms with Gasteiger partial charge in [-0.1, -0.05) is 30.7 Å². The predicted molar refractivity (Wildman–Crippen MR) is 54.4 cm³/mol. The van der Waals surface area contributed by atoms with Crippen LogP contribution in [0.2, 0.25) is 0 Å². The van der Waals surface area contributed by atoms with Gasteiger partial charge in [0, 0.05) is 6.04 Å². The Morgan fingerprint density at radius 3 is 3.08 bits per heavy atom. The van der Waals surface area contributed by atoms with E-state index in [9.17, 15) is 4.79 Å². The highest BCUT2D eigenvalue weighted by Crippen LogP contribution is 2.17. The Morgan fingerprint density at radius 1 is 1.69 bits per heavy atom. The van der Waals surface area contributed by atoms with E-state index < -0.39 is 0 Å². The van der Waals surface area contributed by atoms with Crippen molar-refractivity contribution >= 4 is 6.41 Å². The average molecular weight is 179 g/mol. The van der Waals surface area contributed by atoms with Crippen LogP contribution in [-0.2, 0) is 4.79 Å². The largest absolute Gasteiger partial charge is 0.356 e. The number of amides is 1. The second-order valence-corrected chi connectivity index (χ2v) is 3.39. The molecule has 0 aromatic rings. The fraction of sp³-hybridized carbons (Fsp3) is 0.545. The summed E-state index contributed by atoms with van der Waals surface area (Å²) in [6.07, 6.45) is 11.5. The van der Waals surface area contributed by atoms with Crippen LogP contribution in [0.5, 0.6) is 0 Å². The van der Waals surface area contributed by atoms with Gasteiger partial charge in [-0.2, -0.15) is 0 Å². The van der Waals surface area contributed by atoms with Crippen molar-refractivity contribution in [3.63, 3.8) is 0 Å². The zero-order valence-electron chi connectivity index (χ0n) is 8.12. The van der Waals surface area contributed by atoms with Crippen LogP contribution < -0.4 is 5.32 Å². The normalized spacial score (nSPS) is 17.8. The summed E-state index contributed by atoms with van der Waals surface area (Å²) in [7, 11) is 0. The Kier molecular flexibility index (Phi) is 4.30. The molecule has 72 valence electrons. The molecular weight excluding hydrogens is 162 g/mol. The van der Waals surface area contributed by atoms with Gasteiger partial charge in [-0.3, -0.25) is 4.79 Å². The van der Waals surface area contributed by atoms with Crippen molar-refractivity contribution in [2.24, 2.45) is 0 Å². The molecule has 1 rings (SSSR count). The summed E-state index contributed by atoms with van der Waals surface area (Å²) in [5.41, 5.74) is 1.45. The number of allylic oxidation sites excluding steroid dienone is 3. The molecule has 1 aliphatic rings. The highest BCUT2D eigenvalue weighted by Gasteiger charge is 2.08. The van der Waals surface area contributed by atoms with Gasteiger partial charge in [0.2, 0.25) is 6.41 Å². The molecule has 0 spiro atoms. The van der Waals surface area contributed by atoms with Crippen molar-refractivity contribution in [1.29, 1.82) is 0 Å². The first-order valence-electron chi connectivity index (χ1n) is 4.91. The smallest absolute Gasteiger partial charge is 0.207 e. The van der Waals surface area contributed by atoms with E-state index in [0.29, 0.717) is 6.04 Å². The van der Waals surface area contributed by atoms with E-state index in [0.717, 1.165) is 32.1 Å². The monoisotopic (exact) mass is 179 g/mol. The first-order valence-corrected chi connectivity index (χ1v) is 4.91. The summed E-state index contributed by atoms with van der Waals surface area (Å²) in [6.45, 7) is 2.10. The third-order valence-electron chi connectivity index (χ3n) is 2.41. The first-order chi connectivity index (χ1) is 6.36. The lowest BCUT2D eigenvalue weighted by Gasteiger charge is -2.16. The molecule has 0 aromatic heterocycles. The summed E-state index contributed by atoms with van der Waals surface area (Å²) in [5, 5.41) is 2.83. The number of rotatable bonds is 5. The highest BCUT2D eigenvalue weighted by atomic mass is 16.1.